The van der Waals surface area contributed by atoms with Gasteiger partial charge in [-0.15, -0.1) is 0 Å². The van der Waals surface area contributed by atoms with Crippen molar-refractivity contribution in [2.75, 3.05) is 44.2 Å². The number of aromatic nitrogens is 2. The van der Waals surface area contributed by atoms with Crippen molar-refractivity contribution in [1.29, 1.82) is 0 Å². The molecule has 4 heterocycles. The molecule has 8 heteroatoms. The third-order valence-corrected chi connectivity index (χ3v) is 5.42. The number of hydrogen-bond donors (Lipinski definition) is 0. The average Bonchev–Trinajstić information content (AvgIpc) is 3.28. The Morgan fingerprint density at radius 3 is 2.50 bits per heavy atom. The first-order chi connectivity index (χ1) is 13.6. The molecule has 2 aromatic rings. The van der Waals surface area contributed by atoms with Crippen LogP contribution in [0.1, 0.15) is 40.8 Å². The fourth-order valence-electron chi connectivity index (χ4n) is 3.83. The van der Waals surface area contributed by atoms with Gasteiger partial charge in [-0.2, -0.15) is 0 Å². The van der Waals surface area contributed by atoms with Crippen LogP contribution in [0.25, 0.3) is 0 Å². The Morgan fingerprint density at radius 1 is 1.04 bits per heavy atom. The number of amides is 2. The second kappa shape index (κ2) is 8.00. The largest absolute Gasteiger partial charge is 0.459 e. The molecule has 1 unspecified atom stereocenters. The van der Waals surface area contributed by atoms with Crippen molar-refractivity contribution >= 4 is 17.6 Å². The van der Waals surface area contributed by atoms with Crippen molar-refractivity contribution in [2.45, 2.75) is 19.8 Å². The first-order valence-electron chi connectivity index (χ1n) is 9.81. The standard InChI is InChI=1S/C20H25N5O3/c1-15-4-2-6-25(14-15)19(26)16-12-22-18(13-21-16)23-7-9-24(10-8-23)20(27)17-5-3-11-28-17/h3,5,11-13,15H,2,4,6-10,14H2,1H3. The van der Waals surface area contributed by atoms with Crippen molar-refractivity contribution in [3.8, 4) is 0 Å². The van der Waals surface area contributed by atoms with E-state index in [4.69, 9.17) is 4.42 Å². The zero-order valence-electron chi connectivity index (χ0n) is 16.1. The topological polar surface area (TPSA) is 82.8 Å². The third-order valence-electron chi connectivity index (χ3n) is 5.42. The number of carbonyl (C=O) groups excluding carboxylic acids is 2. The molecule has 2 fully saturated rings. The van der Waals surface area contributed by atoms with E-state index >= 15 is 0 Å². The summed E-state index contributed by atoms with van der Waals surface area (Å²) in [6.45, 7) is 6.26. The van der Waals surface area contributed by atoms with E-state index in [-0.39, 0.29) is 11.8 Å². The van der Waals surface area contributed by atoms with Gasteiger partial charge in [-0.3, -0.25) is 9.59 Å². The molecule has 4 rings (SSSR count). The smallest absolute Gasteiger partial charge is 0.289 e. The summed E-state index contributed by atoms with van der Waals surface area (Å²) in [5, 5.41) is 0. The van der Waals surface area contributed by atoms with Gasteiger partial charge in [0.1, 0.15) is 11.5 Å². The number of nitrogens with zero attached hydrogens (tertiary/aromatic N) is 5. The Kier molecular flexibility index (Phi) is 5.27. The molecule has 0 bridgehead atoms. The van der Waals surface area contributed by atoms with Crippen molar-refractivity contribution in [1.82, 2.24) is 19.8 Å². The summed E-state index contributed by atoms with van der Waals surface area (Å²) in [5.74, 6) is 1.49. The van der Waals surface area contributed by atoms with Crippen LogP contribution < -0.4 is 4.90 Å². The van der Waals surface area contributed by atoms with Crippen molar-refractivity contribution in [2.24, 2.45) is 5.92 Å². The SMILES string of the molecule is CC1CCCN(C(=O)c2cnc(N3CCN(C(=O)c4ccco4)CC3)cn2)C1. The van der Waals surface area contributed by atoms with E-state index < -0.39 is 0 Å². The highest BCUT2D eigenvalue weighted by molar-refractivity contribution is 5.92. The molecule has 0 aliphatic carbocycles. The number of hydrogen-bond acceptors (Lipinski definition) is 6. The molecule has 0 spiro atoms. The molecule has 2 aromatic heterocycles. The summed E-state index contributed by atoms with van der Waals surface area (Å²) in [7, 11) is 0. The minimum Gasteiger partial charge on any atom is -0.459 e. The minimum atomic E-state index is -0.0903. The molecule has 2 aliphatic heterocycles. The van der Waals surface area contributed by atoms with Crippen LogP contribution in [0, 0.1) is 5.92 Å². The maximum atomic E-state index is 12.6. The highest BCUT2D eigenvalue weighted by Crippen LogP contribution is 2.18. The molecule has 2 amide bonds. The van der Waals surface area contributed by atoms with Crippen LogP contribution in [-0.2, 0) is 0 Å². The maximum Gasteiger partial charge on any atom is 0.289 e. The second-order valence-electron chi connectivity index (χ2n) is 7.51. The molecule has 8 nitrogen and oxygen atoms in total. The van der Waals surface area contributed by atoms with E-state index in [1.54, 1.807) is 29.4 Å². The van der Waals surface area contributed by atoms with Gasteiger partial charge in [0.15, 0.2) is 5.76 Å². The molecule has 2 saturated heterocycles. The number of carbonyl (C=O) groups is 2. The van der Waals surface area contributed by atoms with Gasteiger partial charge in [0, 0.05) is 39.3 Å². The summed E-state index contributed by atoms with van der Waals surface area (Å²) < 4.78 is 5.19. The fourth-order valence-corrected chi connectivity index (χ4v) is 3.83. The van der Waals surface area contributed by atoms with Crippen molar-refractivity contribution in [3.05, 3.63) is 42.2 Å². The minimum absolute atomic E-state index is 0.0422. The van der Waals surface area contributed by atoms with Crippen molar-refractivity contribution < 1.29 is 14.0 Å². The van der Waals surface area contributed by atoms with Gasteiger partial charge in [0.25, 0.3) is 11.8 Å². The Bertz CT molecular complexity index is 813. The molecule has 2 aliphatic rings. The number of piperazine rings is 1. The molecule has 28 heavy (non-hydrogen) atoms. The van der Waals surface area contributed by atoms with E-state index in [1.807, 2.05) is 4.90 Å². The number of anilines is 1. The predicted molar refractivity (Wildman–Crippen MR) is 103 cm³/mol. The van der Waals surface area contributed by atoms with Gasteiger partial charge in [0.2, 0.25) is 0 Å². The zero-order chi connectivity index (χ0) is 19.5. The summed E-state index contributed by atoms with van der Waals surface area (Å²) in [6.07, 6.45) is 6.94. The lowest BCUT2D eigenvalue weighted by Crippen LogP contribution is -2.49. The Morgan fingerprint density at radius 2 is 1.86 bits per heavy atom. The van der Waals surface area contributed by atoms with E-state index in [9.17, 15) is 9.59 Å². The van der Waals surface area contributed by atoms with Crippen LogP contribution in [0.5, 0.6) is 0 Å². The van der Waals surface area contributed by atoms with Crippen LogP contribution in [0.3, 0.4) is 0 Å². The molecule has 0 saturated carbocycles. The van der Waals surface area contributed by atoms with E-state index in [0.717, 1.165) is 25.3 Å². The normalized spacial score (nSPS) is 20.3. The van der Waals surface area contributed by atoms with Crippen LogP contribution in [0.15, 0.2) is 35.2 Å². The quantitative estimate of drug-likeness (QED) is 0.805. The van der Waals surface area contributed by atoms with Crippen LogP contribution in [0.4, 0.5) is 5.82 Å². The number of furan rings is 1. The molecular weight excluding hydrogens is 358 g/mol. The number of piperidine rings is 1. The average molecular weight is 383 g/mol. The predicted octanol–water partition coefficient (Wildman–Crippen LogP) is 1.90. The lowest BCUT2D eigenvalue weighted by atomic mass is 10.0. The Hall–Kier alpha value is -2.90. The molecule has 148 valence electrons. The first kappa shape index (κ1) is 18.5. The van der Waals surface area contributed by atoms with Gasteiger partial charge in [0.05, 0.1) is 18.7 Å². The second-order valence-corrected chi connectivity index (χ2v) is 7.51. The molecule has 1 atom stereocenters. The lowest BCUT2D eigenvalue weighted by Gasteiger charge is -2.35. The van der Waals surface area contributed by atoms with Gasteiger partial charge in [-0.25, -0.2) is 9.97 Å². The Balaban J connectivity index is 1.34. The molecule has 0 N–H and O–H groups in total. The number of rotatable bonds is 3. The van der Waals surface area contributed by atoms with E-state index in [2.05, 4.69) is 21.8 Å². The summed E-state index contributed by atoms with van der Waals surface area (Å²) >= 11 is 0. The highest BCUT2D eigenvalue weighted by Gasteiger charge is 2.26. The lowest BCUT2D eigenvalue weighted by molar-refractivity contribution is 0.0675. The Labute approximate surface area is 164 Å². The molecule has 0 radical (unpaired) electrons. The van der Waals surface area contributed by atoms with Gasteiger partial charge in [-0.05, 0) is 30.9 Å². The van der Waals surface area contributed by atoms with Crippen molar-refractivity contribution in [3.63, 3.8) is 0 Å². The van der Waals surface area contributed by atoms with E-state index in [0.29, 0.717) is 43.6 Å². The number of likely N-dealkylation sites (tertiary alicyclic amines) is 1. The third kappa shape index (κ3) is 3.85. The fraction of sp³-hybridized carbons (Fsp3) is 0.500. The highest BCUT2D eigenvalue weighted by atomic mass is 16.3. The monoisotopic (exact) mass is 383 g/mol. The van der Waals surface area contributed by atoms with Crippen LogP contribution >= 0.6 is 0 Å². The molecular formula is C20H25N5O3. The molecule has 0 aromatic carbocycles. The summed E-state index contributed by atoms with van der Waals surface area (Å²) in [6, 6.07) is 3.39. The van der Waals surface area contributed by atoms with Gasteiger partial charge in [-0.1, -0.05) is 6.92 Å². The summed E-state index contributed by atoms with van der Waals surface area (Å²) in [4.78, 5) is 39.5. The zero-order valence-corrected chi connectivity index (χ0v) is 16.1. The van der Waals surface area contributed by atoms with E-state index in [1.165, 1.54) is 12.7 Å². The van der Waals surface area contributed by atoms with Gasteiger partial charge >= 0.3 is 0 Å². The first-order valence-corrected chi connectivity index (χ1v) is 9.81. The van der Waals surface area contributed by atoms with Crippen LogP contribution in [-0.4, -0.2) is 70.9 Å². The van der Waals surface area contributed by atoms with Gasteiger partial charge < -0.3 is 19.1 Å². The maximum absolute atomic E-state index is 12.6. The van der Waals surface area contributed by atoms with Crippen LogP contribution in [0.2, 0.25) is 0 Å². The summed E-state index contributed by atoms with van der Waals surface area (Å²) in [5.41, 5.74) is 0.393.